The molecule has 0 spiro atoms. The molecule has 1 heterocycles. The average Bonchev–Trinajstić information content (AvgIpc) is 2.54. The van der Waals surface area contributed by atoms with Crippen molar-refractivity contribution in [2.75, 3.05) is 26.2 Å². The zero-order valence-electron chi connectivity index (χ0n) is 13.2. The minimum Gasteiger partial charge on any atom is -0.339 e. The van der Waals surface area contributed by atoms with Crippen LogP contribution < -0.4 is 0 Å². The molecule has 6 heteroatoms. The van der Waals surface area contributed by atoms with Crippen LogP contribution >= 0.6 is 0 Å². The monoisotopic (exact) mass is 317 g/mol. The Morgan fingerprint density at radius 3 is 2.52 bits per heavy atom. The minimum atomic E-state index is -0.299. The fourth-order valence-corrected chi connectivity index (χ4v) is 2.77. The first-order valence-corrected chi connectivity index (χ1v) is 7.69. The number of rotatable bonds is 4. The number of hydrogen-bond donors (Lipinski definition) is 0. The van der Waals surface area contributed by atoms with Crippen LogP contribution in [0, 0.1) is 23.1 Å². The molecule has 0 saturated carbocycles. The van der Waals surface area contributed by atoms with E-state index in [4.69, 9.17) is 5.26 Å². The quantitative estimate of drug-likeness (QED) is 0.847. The first kappa shape index (κ1) is 16.9. The van der Waals surface area contributed by atoms with Crippen molar-refractivity contribution < 1.29 is 14.0 Å². The van der Waals surface area contributed by atoms with Gasteiger partial charge in [0, 0.05) is 32.1 Å². The van der Waals surface area contributed by atoms with Crippen molar-refractivity contribution in [3.63, 3.8) is 0 Å². The number of piperazine rings is 1. The third kappa shape index (κ3) is 4.52. The minimum absolute atomic E-state index is 0.0154. The summed E-state index contributed by atoms with van der Waals surface area (Å²) in [6, 6.07) is 8.13. The van der Waals surface area contributed by atoms with E-state index in [0.29, 0.717) is 32.6 Å². The van der Waals surface area contributed by atoms with Gasteiger partial charge < -0.3 is 9.80 Å². The van der Waals surface area contributed by atoms with Crippen molar-refractivity contribution >= 4 is 11.8 Å². The maximum atomic E-state index is 13.2. The van der Waals surface area contributed by atoms with Gasteiger partial charge in [0.2, 0.25) is 11.8 Å². The van der Waals surface area contributed by atoms with Gasteiger partial charge >= 0.3 is 0 Å². The molecule has 23 heavy (non-hydrogen) atoms. The van der Waals surface area contributed by atoms with Gasteiger partial charge in [-0.3, -0.25) is 9.59 Å². The van der Waals surface area contributed by atoms with Crippen LogP contribution in [0.3, 0.4) is 0 Å². The molecule has 0 radical (unpaired) electrons. The van der Waals surface area contributed by atoms with Gasteiger partial charge in [-0.05, 0) is 24.1 Å². The number of halogens is 1. The summed E-state index contributed by atoms with van der Waals surface area (Å²) in [5.41, 5.74) is 0.800. The highest BCUT2D eigenvalue weighted by molar-refractivity contribution is 5.80. The van der Waals surface area contributed by atoms with Gasteiger partial charge in [-0.2, -0.15) is 5.26 Å². The van der Waals surface area contributed by atoms with E-state index in [1.807, 2.05) is 19.1 Å². The van der Waals surface area contributed by atoms with E-state index >= 15 is 0 Å². The topological polar surface area (TPSA) is 64.4 Å². The van der Waals surface area contributed by atoms with Crippen molar-refractivity contribution in [3.05, 3.63) is 35.6 Å². The predicted octanol–water partition coefficient (Wildman–Crippen LogP) is 1.59. The van der Waals surface area contributed by atoms with Crippen LogP contribution in [-0.4, -0.2) is 47.8 Å². The summed E-state index contributed by atoms with van der Waals surface area (Å²) in [6.45, 7) is 3.70. The Balaban J connectivity index is 1.87. The summed E-state index contributed by atoms with van der Waals surface area (Å²) in [5.74, 6) is -0.709. The van der Waals surface area contributed by atoms with Crippen LogP contribution in [0.1, 0.15) is 18.9 Å². The van der Waals surface area contributed by atoms with Crippen molar-refractivity contribution in [2.45, 2.75) is 19.8 Å². The maximum absolute atomic E-state index is 13.2. The van der Waals surface area contributed by atoms with Crippen LogP contribution in [0.25, 0.3) is 0 Å². The molecule has 1 aromatic carbocycles. The number of nitrogens with zero attached hydrogens (tertiary/aromatic N) is 3. The molecular weight excluding hydrogens is 297 g/mol. The molecule has 1 aliphatic heterocycles. The molecule has 0 bridgehead atoms. The fraction of sp³-hybridized carbons (Fsp3) is 0.471. The zero-order valence-corrected chi connectivity index (χ0v) is 13.2. The van der Waals surface area contributed by atoms with E-state index in [1.165, 1.54) is 12.1 Å². The van der Waals surface area contributed by atoms with Gasteiger partial charge in [0.25, 0.3) is 0 Å². The second-order valence-electron chi connectivity index (χ2n) is 5.78. The number of carbonyl (C=O) groups is 2. The van der Waals surface area contributed by atoms with Gasteiger partial charge in [-0.25, -0.2) is 4.39 Å². The van der Waals surface area contributed by atoms with Gasteiger partial charge in [-0.15, -0.1) is 0 Å². The average molecular weight is 317 g/mol. The second kappa shape index (κ2) is 7.73. The third-order valence-electron chi connectivity index (χ3n) is 4.03. The lowest BCUT2D eigenvalue weighted by Gasteiger charge is -2.35. The highest BCUT2D eigenvalue weighted by Gasteiger charge is 2.26. The standard InChI is InChI=1S/C17H20FN3O2/c1-13(11-14-3-2-4-15(18)12-14)17(23)21-9-7-20(8-10-21)16(22)5-6-19/h2-4,12-13H,5,7-11H2,1H3. The van der Waals surface area contributed by atoms with E-state index in [9.17, 15) is 14.0 Å². The third-order valence-corrected chi connectivity index (χ3v) is 4.03. The molecule has 1 unspecified atom stereocenters. The normalized spacial score (nSPS) is 15.9. The van der Waals surface area contributed by atoms with Crippen LogP contribution in [0.4, 0.5) is 4.39 Å². The van der Waals surface area contributed by atoms with Crippen LogP contribution in [0.15, 0.2) is 24.3 Å². The number of hydrogen-bond acceptors (Lipinski definition) is 3. The van der Waals surface area contributed by atoms with Crippen molar-refractivity contribution in [1.29, 1.82) is 5.26 Å². The van der Waals surface area contributed by atoms with Crippen LogP contribution in [0.5, 0.6) is 0 Å². The van der Waals surface area contributed by atoms with Crippen LogP contribution in [0.2, 0.25) is 0 Å². The Morgan fingerprint density at radius 1 is 1.26 bits per heavy atom. The number of amides is 2. The SMILES string of the molecule is CC(Cc1cccc(F)c1)C(=O)N1CCN(C(=O)CC#N)CC1. The van der Waals surface area contributed by atoms with Gasteiger partial charge in [0.15, 0.2) is 0 Å². The van der Waals surface area contributed by atoms with Crippen molar-refractivity contribution in [3.8, 4) is 6.07 Å². The maximum Gasteiger partial charge on any atom is 0.236 e. The second-order valence-corrected chi connectivity index (χ2v) is 5.78. The summed E-state index contributed by atoms with van der Waals surface area (Å²) in [6.07, 6.45) is 0.369. The number of carbonyl (C=O) groups excluding carboxylic acids is 2. The molecule has 2 rings (SSSR count). The first-order valence-electron chi connectivity index (χ1n) is 7.69. The Labute approximate surface area is 135 Å². The Kier molecular flexibility index (Phi) is 5.69. The number of nitriles is 1. The molecule has 1 fully saturated rings. The Bertz CT molecular complexity index is 619. The van der Waals surface area contributed by atoms with Gasteiger partial charge in [-0.1, -0.05) is 19.1 Å². The van der Waals surface area contributed by atoms with E-state index < -0.39 is 0 Å². The lowest BCUT2D eigenvalue weighted by Crippen LogP contribution is -2.51. The molecule has 0 aromatic heterocycles. The molecule has 1 atom stereocenters. The van der Waals surface area contributed by atoms with E-state index in [-0.39, 0.29) is 30.0 Å². The largest absolute Gasteiger partial charge is 0.339 e. The molecule has 5 nitrogen and oxygen atoms in total. The summed E-state index contributed by atoms with van der Waals surface area (Å²) in [4.78, 5) is 27.5. The molecule has 1 aliphatic rings. The molecule has 0 N–H and O–H groups in total. The fourth-order valence-electron chi connectivity index (χ4n) is 2.77. The summed E-state index contributed by atoms with van der Waals surface area (Å²) in [5, 5.41) is 8.55. The van der Waals surface area contributed by atoms with E-state index in [2.05, 4.69) is 0 Å². The molecular formula is C17H20FN3O2. The smallest absolute Gasteiger partial charge is 0.236 e. The predicted molar refractivity (Wildman–Crippen MR) is 82.7 cm³/mol. The van der Waals surface area contributed by atoms with Crippen molar-refractivity contribution in [1.82, 2.24) is 9.80 Å². The van der Waals surface area contributed by atoms with Gasteiger partial charge in [0.05, 0.1) is 6.07 Å². The zero-order chi connectivity index (χ0) is 16.8. The van der Waals surface area contributed by atoms with Crippen LogP contribution in [-0.2, 0) is 16.0 Å². The van der Waals surface area contributed by atoms with Gasteiger partial charge in [0.1, 0.15) is 12.2 Å². The molecule has 1 saturated heterocycles. The van der Waals surface area contributed by atoms with Crippen molar-refractivity contribution in [2.24, 2.45) is 5.92 Å². The molecule has 122 valence electrons. The lowest BCUT2D eigenvalue weighted by atomic mass is 9.99. The Hall–Kier alpha value is -2.42. The highest BCUT2D eigenvalue weighted by atomic mass is 19.1. The summed E-state index contributed by atoms with van der Waals surface area (Å²) >= 11 is 0. The molecule has 2 amide bonds. The Morgan fingerprint density at radius 2 is 1.91 bits per heavy atom. The first-order chi connectivity index (χ1) is 11.0. The van der Waals surface area contributed by atoms with E-state index in [0.717, 1.165) is 5.56 Å². The highest BCUT2D eigenvalue weighted by Crippen LogP contribution is 2.14. The summed E-state index contributed by atoms with van der Waals surface area (Å²) < 4.78 is 13.2. The lowest BCUT2D eigenvalue weighted by molar-refractivity contribution is -0.141. The van der Waals surface area contributed by atoms with E-state index in [1.54, 1.807) is 15.9 Å². The summed E-state index contributed by atoms with van der Waals surface area (Å²) in [7, 11) is 0. The molecule has 0 aliphatic carbocycles. The number of benzene rings is 1. The molecule has 1 aromatic rings.